The van der Waals surface area contributed by atoms with Gasteiger partial charge in [0.25, 0.3) is 8.32 Å². The summed E-state index contributed by atoms with van der Waals surface area (Å²) in [6, 6.07) is 11.9. The number of furan rings is 1. The monoisotopic (exact) mass is 454 g/mol. The standard InChI is InChI=1S/C26H34O3SSi/c1-16(2)31(17(3)4,18(5)6)29-19-14-21(22-11-9-13-28-22)25-24(15-19)30-23-12-8-7-10-20(23)26(25)27/h7-14,16-18,21,24-25H,15H2,1-6H3/t21-,24-,25+/m0/s1. The minimum Gasteiger partial charge on any atom is -0.546 e. The van der Waals surface area contributed by atoms with Crippen molar-refractivity contribution in [1.82, 2.24) is 0 Å². The molecule has 31 heavy (non-hydrogen) atoms. The number of carbonyl (C=O) groups excluding carboxylic acids is 1. The summed E-state index contributed by atoms with van der Waals surface area (Å²) in [5, 5.41) is 0.163. The number of carbonyl (C=O) groups is 1. The van der Waals surface area contributed by atoms with Crippen molar-refractivity contribution in [3.05, 3.63) is 65.8 Å². The molecule has 1 aliphatic heterocycles. The Morgan fingerprint density at radius 3 is 2.29 bits per heavy atom. The number of Topliss-reactive ketones (excluding diaryl/α,β-unsaturated/α-hetero) is 1. The van der Waals surface area contributed by atoms with E-state index in [1.807, 2.05) is 42.1 Å². The molecule has 0 spiro atoms. The molecule has 1 aliphatic carbocycles. The molecule has 0 radical (unpaired) electrons. The zero-order valence-corrected chi connectivity index (χ0v) is 21.2. The van der Waals surface area contributed by atoms with Gasteiger partial charge in [-0.15, -0.1) is 11.8 Å². The van der Waals surface area contributed by atoms with Gasteiger partial charge >= 0.3 is 0 Å². The third-order valence-electron chi connectivity index (χ3n) is 7.18. The molecular weight excluding hydrogens is 420 g/mol. The maximum atomic E-state index is 13.6. The van der Waals surface area contributed by atoms with Crippen LogP contribution in [0.5, 0.6) is 0 Å². The molecule has 0 fully saturated rings. The van der Waals surface area contributed by atoms with Crippen LogP contribution >= 0.6 is 11.8 Å². The van der Waals surface area contributed by atoms with Gasteiger partial charge in [0.1, 0.15) is 5.76 Å². The molecule has 2 aromatic rings. The lowest BCUT2D eigenvalue weighted by molar-refractivity contribution is 0.0884. The first-order valence-electron chi connectivity index (χ1n) is 11.5. The van der Waals surface area contributed by atoms with E-state index in [1.54, 1.807) is 6.26 Å². The van der Waals surface area contributed by atoms with Crippen molar-refractivity contribution in [3.8, 4) is 0 Å². The fourth-order valence-corrected chi connectivity index (χ4v) is 12.7. The normalized spacial score (nSPS) is 23.7. The molecule has 0 unspecified atom stereocenters. The third kappa shape index (κ3) is 3.84. The second-order valence-corrected chi connectivity index (χ2v) is 16.5. The topological polar surface area (TPSA) is 39.4 Å². The van der Waals surface area contributed by atoms with Crippen LogP contribution in [0.15, 0.2) is 63.8 Å². The van der Waals surface area contributed by atoms with E-state index in [0.29, 0.717) is 16.6 Å². The SMILES string of the molecule is CC(C)[Si](OC1=C[C@@H](c2ccco2)[C@H]2C(=O)c3ccccc3S[C@H]2C1)(C(C)C)C(C)C. The van der Waals surface area contributed by atoms with Crippen molar-refractivity contribution >= 4 is 25.9 Å². The van der Waals surface area contributed by atoms with E-state index < -0.39 is 8.32 Å². The van der Waals surface area contributed by atoms with Crippen LogP contribution in [0.4, 0.5) is 0 Å². The Morgan fingerprint density at radius 2 is 1.68 bits per heavy atom. The second kappa shape index (κ2) is 8.66. The van der Waals surface area contributed by atoms with Gasteiger partial charge in [0.2, 0.25) is 0 Å². The van der Waals surface area contributed by atoms with Crippen LogP contribution in [0.3, 0.4) is 0 Å². The number of thioether (sulfide) groups is 1. The lowest BCUT2D eigenvalue weighted by Gasteiger charge is -2.46. The summed E-state index contributed by atoms with van der Waals surface area (Å²) in [5.74, 6) is 1.94. The van der Waals surface area contributed by atoms with E-state index in [-0.39, 0.29) is 22.9 Å². The first-order chi connectivity index (χ1) is 14.8. The molecular formula is C26H34O3SSi. The fraction of sp³-hybridized carbons (Fsp3) is 0.500. The summed E-state index contributed by atoms with van der Waals surface area (Å²) >= 11 is 1.83. The summed E-state index contributed by atoms with van der Waals surface area (Å²) in [6.07, 6.45) is 4.71. The number of allylic oxidation sites excluding steroid dienone is 2. The molecule has 2 aliphatic rings. The zero-order valence-electron chi connectivity index (χ0n) is 19.4. The van der Waals surface area contributed by atoms with Crippen molar-refractivity contribution in [2.45, 2.75) is 80.7 Å². The van der Waals surface area contributed by atoms with E-state index in [4.69, 9.17) is 8.84 Å². The van der Waals surface area contributed by atoms with E-state index in [0.717, 1.165) is 28.4 Å². The van der Waals surface area contributed by atoms with Crippen molar-refractivity contribution < 1.29 is 13.6 Å². The summed E-state index contributed by atoms with van der Waals surface area (Å²) in [6.45, 7) is 13.9. The Kier molecular flexibility index (Phi) is 6.28. The Bertz CT molecular complexity index is 939. The molecule has 1 aromatic heterocycles. The Balaban J connectivity index is 1.76. The third-order valence-corrected chi connectivity index (χ3v) is 14.6. The number of rotatable bonds is 6. The largest absolute Gasteiger partial charge is 0.546 e. The second-order valence-electron chi connectivity index (χ2n) is 9.84. The number of ketones is 1. The molecule has 2 heterocycles. The Hall–Kier alpha value is -1.72. The Labute approximate surface area is 191 Å². The van der Waals surface area contributed by atoms with E-state index in [9.17, 15) is 4.79 Å². The summed E-state index contributed by atoms with van der Waals surface area (Å²) in [7, 11) is -2.07. The summed E-state index contributed by atoms with van der Waals surface area (Å²) < 4.78 is 12.9. The maximum Gasteiger partial charge on any atom is 0.258 e. The van der Waals surface area contributed by atoms with Crippen LogP contribution in [-0.4, -0.2) is 19.4 Å². The predicted molar refractivity (Wildman–Crippen MR) is 130 cm³/mol. The first-order valence-corrected chi connectivity index (χ1v) is 14.5. The molecule has 0 N–H and O–H groups in total. The number of benzene rings is 1. The predicted octanol–water partition coefficient (Wildman–Crippen LogP) is 7.82. The van der Waals surface area contributed by atoms with Gasteiger partial charge in [-0.1, -0.05) is 59.7 Å². The van der Waals surface area contributed by atoms with Crippen LogP contribution in [-0.2, 0) is 4.43 Å². The van der Waals surface area contributed by atoms with Gasteiger partial charge in [-0.2, -0.15) is 0 Å². The van der Waals surface area contributed by atoms with Crippen LogP contribution < -0.4 is 0 Å². The van der Waals surface area contributed by atoms with Crippen LogP contribution in [0.1, 0.15) is 70.0 Å². The molecule has 4 rings (SSSR count). The summed E-state index contributed by atoms with van der Waals surface area (Å²) in [4.78, 5) is 14.6. The molecule has 0 bridgehead atoms. The molecule has 1 aromatic carbocycles. The zero-order chi connectivity index (χ0) is 22.3. The average Bonchev–Trinajstić information content (AvgIpc) is 3.25. The highest BCUT2D eigenvalue weighted by Gasteiger charge is 2.50. The highest BCUT2D eigenvalue weighted by molar-refractivity contribution is 8.00. The maximum absolute atomic E-state index is 13.6. The van der Waals surface area contributed by atoms with Gasteiger partial charge in [-0.3, -0.25) is 4.79 Å². The van der Waals surface area contributed by atoms with Crippen molar-refractivity contribution in [2.24, 2.45) is 5.92 Å². The number of hydrogen-bond acceptors (Lipinski definition) is 4. The van der Waals surface area contributed by atoms with Gasteiger partial charge in [-0.05, 0) is 40.9 Å². The highest BCUT2D eigenvalue weighted by Crippen LogP contribution is 2.52. The van der Waals surface area contributed by atoms with Crippen molar-refractivity contribution in [3.63, 3.8) is 0 Å². The van der Waals surface area contributed by atoms with Crippen LogP contribution in [0, 0.1) is 5.92 Å². The van der Waals surface area contributed by atoms with E-state index in [2.05, 4.69) is 53.7 Å². The van der Waals surface area contributed by atoms with Gasteiger partial charge in [0.15, 0.2) is 5.78 Å². The minimum absolute atomic E-state index is 0.0877. The minimum atomic E-state index is -2.07. The smallest absolute Gasteiger partial charge is 0.258 e. The average molecular weight is 455 g/mol. The lowest BCUT2D eigenvalue weighted by atomic mass is 9.76. The van der Waals surface area contributed by atoms with Crippen molar-refractivity contribution in [2.75, 3.05) is 0 Å². The molecule has 3 nitrogen and oxygen atoms in total. The van der Waals surface area contributed by atoms with Gasteiger partial charge in [0, 0.05) is 34.0 Å². The quantitative estimate of drug-likeness (QED) is 0.417. The van der Waals surface area contributed by atoms with Gasteiger partial charge < -0.3 is 8.84 Å². The summed E-state index contributed by atoms with van der Waals surface area (Å²) in [5.41, 5.74) is 2.37. The molecule has 0 saturated heterocycles. The first kappa shape index (κ1) is 22.5. The molecule has 3 atom stereocenters. The van der Waals surface area contributed by atoms with Gasteiger partial charge in [-0.25, -0.2) is 0 Å². The van der Waals surface area contributed by atoms with E-state index in [1.165, 1.54) is 0 Å². The Morgan fingerprint density at radius 1 is 1.00 bits per heavy atom. The van der Waals surface area contributed by atoms with Gasteiger partial charge in [0.05, 0.1) is 12.0 Å². The number of fused-ring (bicyclic) bond motifs is 2. The molecule has 166 valence electrons. The highest BCUT2D eigenvalue weighted by atomic mass is 32.2. The van der Waals surface area contributed by atoms with Crippen LogP contribution in [0.2, 0.25) is 16.6 Å². The number of hydrogen-bond donors (Lipinski definition) is 0. The molecule has 0 amide bonds. The molecule has 5 heteroatoms. The van der Waals surface area contributed by atoms with Crippen LogP contribution in [0.25, 0.3) is 0 Å². The van der Waals surface area contributed by atoms with Crippen molar-refractivity contribution in [1.29, 1.82) is 0 Å². The van der Waals surface area contributed by atoms with E-state index >= 15 is 0 Å². The fourth-order valence-electron chi connectivity index (χ4n) is 5.89. The lowest BCUT2D eigenvalue weighted by Crippen LogP contribution is -2.48. The molecule has 0 saturated carbocycles.